The van der Waals surface area contributed by atoms with Crippen LogP contribution in [0.1, 0.15) is 31.9 Å². The second kappa shape index (κ2) is 5.01. The standard InChI is InChI=1S/C14H19N3O3/c1-2-20-13(18)17-9-10-3-4-12(17)14(19,7-10)11-8-15-5-6-16-11/h5-6,8,10,12,19H,2-4,7,9H2,1H3. The summed E-state index contributed by atoms with van der Waals surface area (Å²) in [6.45, 7) is 2.79. The molecule has 1 N–H and O–H groups in total. The lowest BCUT2D eigenvalue weighted by Crippen LogP contribution is -2.63. The van der Waals surface area contributed by atoms with E-state index >= 15 is 0 Å². The van der Waals surface area contributed by atoms with E-state index in [1.54, 1.807) is 30.4 Å². The summed E-state index contributed by atoms with van der Waals surface area (Å²) in [5, 5.41) is 11.1. The highest BCUT2D eigenvalue weighted by molar-refractivity contribution is 5.68. The molecule has 1 amide bonds. The summed E-state index contributed by atoms with van der Waals surface area (Å²) in [6, 6.07) is -0.275. The number of aliphatic hydroxyl groups is 1. The van der Waals surface area contributed by atoms with Gasteiger partial charge in [-0.1, -0.05) is 0 Å². The first-order valence-electron chi connectivity index (χ1n) is 7.07. The second-order valence-corrected chi connectivity index (χ2v) is 5.53. The lowest BCUT2D eigenvalue weighted by Gasteiger charge is -2.53. The zero-order valence-electron chi connectivity index (χ0n) is 11.5. The quantitative estimate of drug-likeness (QED) is 0.882. The number of amides is 1. The van der Waals surface area contributed by atoms with E-state index in [0.717, 1.165) is 12.8 Å². The van der Waals surface area contributed by atoms with Crippen LogP contribution < -0.4 is 0 Å². The van der Waals surface area contributed by atoms with Crippen molar-refractivity contribution in [1.82, 2.24) is 14.9 Å². The predicted molar refractivity (Wildman–Crippen MR) is 70.8 cm³/mol. The van der Waals surface area contributed by atoms with Crippen molar-refractivity contribution in [1.29, 1.82) is 0 Å². The van der Waals surface area contributed by atoms with Crippen LogP contribution in [-0.4, -0.2) is 45.3 Å². The summed E-state index contributed by atoms with van der Waals surface area (Å²) < 4.78 is 5.10. The molecule has 3 aliphatic rings. The fourth-order valence-electron chi connectivity index (χ4n) is 3.49. The molecule has 0 spiro atoms. The molecule has 0 aromatic carbocycles. The fourth-order valence-corrected chi connectivity index (χ4v) is 3.49. The van der Waals surface area contributed by atoms with Gasteiger partial charge in [0.1, 0.15) is 5.60 Å². The van der Waals surface area contributed by atoms with Crippen LogP contribution in [-0.2, 0) is 10.3 Å². The van der Waals surface area contributed by atoms with Gasteiger partial charge in [0.2, 0.25) is 0 Å². The molecular formula is C14H19N3O3. The van der Waals surface area contributed by atoms with E-state index in [2.05, 4.69) is 9.97 Å². The molecule has 3 unspecified atom stereocenters. The minimum Gasteiger partial charge on any atom is -0.450 e. The first-order valence-corrected chi connectivity index (χ1v) is 7.07. The first kappa shape index (κ1) is 13.3. The van der Waals surface area contributed by atoms with Crippen molar-refractivity contribution in [3.63, 3.8) is 0 Å². The van der Waals surface area contributed by atoms with Crippen molar-refractivity contribution in [2.24, 2.45) is 5.92 Å². The van der Waals surface area contributed by atoms with E-state index in [0.29, 0.717) is 25.3 Å². The van der Waals surface area contributed by atoms with E-state index in [1.807, 2.05) is 0 Å². The summed E-state index contributed by atoms with van der Waals surface area (Å²) in [7, 11) is 0. The third kappa shape index (κ3) is 2.04. The normalized spacial score (nSPS) is 32.2. The van der Waals surface area contributed by atoms with Gasteiger partial charge in [-0.25, -0.2) is 4.79 Å². The molecule has 4 rings (SSSR count). The number of aromatic nitrogens is 2. The number of ether oxygens (including phenoxy) is 1. The van der Waals surface area contributed by atoms with Crippen LogP contribution >= 0.6 is 0 Å². The zero-order chi connectivity index (χ0) is 14.2. The van der Waals surface area contributed by atoms with E-state index in [4.69, 9.17) is 4.74 Å². The first-order chi connectivity index (χ1) is 9.65. The van der Waals surface area contributed by atoms with E-state index in [9.17, 15) is 9.90 Å². The Hall–Kier alpha value is -1.69. The van der Waals surface area contributed by atoms with Crippen LogP contribution in [0, 0.1) is 5.92 Å². The molecule has 3 heterocycles. The minimum absolute atomic E-state index is 0.275. The predicted octanol–water partition coefficient (Wildman–Crippen LogP) is 1.30. The highest BCUT2D eigenvalue weighted by Gasteiger charge is 2.54. The Morgan fingerprint density at radius 2 is 2.40 bits per heavy atom. The highest BCUT2D eigenvalue weighted by Crippen LogP contribution is 2.46. The van der Waals surface area contributed by atoms with Crippen LogP contribution in [0.2, 0.25) is 0 Å². The maximum atomic E-state index is 12.1. The van der Waals surface area contributed by atoms with E-state index in [1.165, 1.54) is 0 Å². The van der Waals surface area contributed by atoms with Gasteiger partial charge in [-0.2, -0.15) is 0 Å². The highest BCUT2D eigenvalue weighted by atomic mass is 16.6. The van der Waals surface area contributed by atoms with Crippen molar-refractivity contribution in [3.8, 4) is 0 Å². The maximum Gasteiger partial charge on any atom is 0.410 e. The zero-order valence-corrected chi connectivity index (χ0v) is 11.5. The molecule has 108 valence electrons. The van der Waals surface area contributed by atoms with Crippen LogP contribution in [0.4, 0.5) is 4.79 Å². The smallest absolute Gasteiger partial charge is 0.410 e. The Morgan fingerprint density at radius 1 is 1.55 bits per heavy atom. The third-order valence-corrected chi connectivity index (χ3v) is 4.34. The van der Waals surface area contributed by atoms with Gasteiger partial charge in [0, 0.05) is 18.9 Å². The number of carbonyl (C=O) groups is 1. The number of piperidine rings is 2. The summed E-state index contributed by atoms with van der Waals surface area (Å²) in [4.78, 5) is 22.0. The number of rotatable bonds is 2. The summed E-state index contributed by atoms with van der Waals surface area (Å²) >= 11 is 0. The topological polar surface area (TPSA) is 75.5 Å². The average Bonchev–Trinajstić information content (AvgIpc) is 2.48. The molecule has 1 saturated carbocycles. The van der Waals surface area contributed by atoms with Gasteiger partial charge in [-0.15, -0.1) is 0 Å². The molecule has 2 aliphatic heterocycles. The molecule has 1 aromatic heterocycles. The maximum absolute atomic E-state index is 12.1. The minimum atomic E-state index is -1.11. The van der Waals surface area contributed by atoms with Gasteiger partial charge < -0.3 is 14.7 Å². The van der Waals surface area contributed by atoms with Crippen molar-refractivity contribution in [2.75, 3.05) is 13.2 Å². The van der Waals surface area contributed by atoms with E-state index in [-0.39, 0.29) is 18.1 Å². The largest absolute Gasteiger partial charge is 0.450 e. The second-order valence-electron chi connectivity index (χ2n) is 5.53. The lowest BCUT2D eigenvalue weighted by molar-refractivity contribution is -0.131. The number of nitrogens with zero attached hydrogens (tertiary/aromatic N) is 3. The Kier molecular flexibility index (Phi) is 3.33. The molecule has 2 saturated heterocycles. The third-order valence-electron chi connectivity index (χ3n) is 4.34. The molecule has 0 radical (unpaired) electrons. The monoisotopic (exact) mass is 277 g/mol. The summed E-state index contributed by atoms with van der Waals surface area (Å²) in [5.41, 5.74) is -0.564. The molecule has 2 bridgehead atoms. The van der Waals surface area contributed by atoms with Crippen molar-refractivity contribution >= 4 is 6.09 Å². The Morgan fingerprint density at radius 3 is 3.05 bits per heavy atom. The van der Waals surface area contributed by atoms with Crippen molar-refractivity contribution in [2.45, 2.75) is 37.8 Å². The molecule has 1 aliphatic carbocycles. The summed E-state index contributed by atoms with van der Waals surface area (Å²) in [6.07, 6.45) is 6.83. The Balaban J connectivity index is 1.91. The summed E-state index contributed by atoms with van der Waals surface area (Å²) in [5.74, 6) is 0.288. The molecule has 3 atom stereocenters. The number of carbonyl (C=O) groups excluding carboxylic acids is 1. The van der Waals surface area contributed by atoms with Crippen LogP contribution in [0.5, 0.6) is 0 Å². The van der Waals surface area contributed by atoms with Gasteiger partial charge in [0.05, 0.1) is 24.5 Å². The number of fused-ring (bicyclic) bond motifs is 3. The Bertz CT molecular complexity index is 496. The molecular weight excluding hydrogens is 258 g/mol. The van der Waals surface area contributed by atoms with Crippen LogP contribution in [0.3, 0.4) is 0 Å². The fraction of sp³-hybridized carbons (Fsp3) is 0.643. The SMILES string of the molecule is CCOC(=O)N1CC2CCC1C(O)(c1cnccn1)C2. The molecule has 6 heteroatoms. The van der Waals surface area contributed by atoms with Crippen LogP contribution in [0.15, 0.2) is 18.6 Å². The lowest BCUT2D eigenvalue weighted by atomic mass is 9.68. The van der Waals surface area contributed by atoms with Gasteiger partial charge >= 0.3 is 6.09 Å². The van der Waals surface area contributed by atoms with Crippen molar-refractivity contribution in [3.05, 3.63) is 24.3 Å². The molecule has 1 aromatic rings. The van der Waals surface area contributed by atoms with Gasteiger partial charge in [-0.05, 0) is 32.1 Å². The molecule has 6 nitrogen and oxygen atoms in total. The van der Waals surface area contributed by atoms with Gasteiger partial charge in [0.25, 0.3) is 0 Å². The van der Waals surface area contributed by atoms with Gasteiger partial charge in [0.15, 0.2) is 0 Å². The molecule has 20 heavy (non-hydrogen) atoms. The number of hydrogen-bond acceptors (Lipinski definition) is 5. The van der Waals surface area contributed by atoms with E-state index < -0.39 is 5.60 Å². The van der Waals surface area contributed by atoms with Crippen LogP contribution in [0.25, 0.3) is 0 Å². The van der Waals surface area contributed by atoms with Crippen molar-refractivity contribution < 1.29 is 14.6 Å². The Labute approximate surface area is 117 Å². The van der Waals surface area contributed by atoms with Gasteiger partial charge in [-0.3, -0.25) is 9.97 Å². The molecule has 3 fully saturated rings. The number of hydrogen-bond donors (Lipinski definition) is 1. The average molecular weight is 277 g/mol.